The van der Waals surface area contributed by atoms with E-state index in [0.717, 1.165) is 0 Å². The molecule has 1 atom stereocenters. The van der Waals surface area contributed by atoms with Gasteiger partial charge >= 0.3 is 11.7 Å². The van der Waals surface area contributed by atoms with Gasteiger partial charge in [-0.3, -0.25) is 10.1 Å². The van der Waals surface area contributed by atoms with Crippen LogP contribution in [0.5, 0.6) is 5.75 Å². The molecule has 17 heavy (non-hydrogen) atoms. The average Bonchev–Trinajstić information content (AvgIpc) is 2.67. The summed E-state index contributed by atoms with van der Waals surface area (Å²) in [7, 11) is 0. The second kappa shape index (κ2) is 4.21. The first-order chi connectivity index (χ1) is 7.99. The second-order valence-corrected chi connectivity index (χ2v) is 4.44. The van der Waals surface area contributed by atoms with Crippen molar-refractivity contribution in [1.29, 1.82) is 0 Å². The monoisotopic (exact) mass is 301 g/mol. The predicted molar refractivity (Wildman–Crippen MR) is 61.7 cm³/mol. The van der Waals surface area contributed by atoms with Crippen molar-refractivity contribution in [2.45, 2.75) is 6.04 Å². The van der Waals surface area contributed by atoms with E-state index < -0.39 is 22.4 Å². The SMILES string of the molecule is O=C1NC[C@@H](c2cc(Br)cc([N+](=O)[O-])c2O)N1. The van der Waals surface area contributed by atoms with Gasteiger partial charge in [0.05, 0.1) is 11.0 Å². The molecule has 3 N–H and O–H groups in total. The molecule has 0 aliphatic carbocycles. The summed E-state index contributed by atoms with van der Waals surface area (Å²) in [6.07, 6.45) is 0. The van der Waals surface area contributed by atoms with Crippen molar-refractivity contribution in [1.82, 2.24) is 10.6 Å². The summed E-state index contributed by atoms with van der Waals surface area (Å²) in [6, 6.07) is 1.92. The van der Waals surface area contributed by atoms with Crippen LogP contribution in [0.3, 0.4) is 0 Å². The predicted octanol–water partition coefficient (Wildman–Crippen LogP) is 1.42. The zero-order chi connectivity index (χ0) is 12.6. The molecule has 2 rings (SSSR count). The fourth-order valence-corrected chi connectivity index (χ4v) is 2.12. The maximum Gasteiger partial charge on any atom is 0.315 e. The summed E-state index contributed by atoms with van der Waals surface area (Å²) in [5, 5.41) is 25.6. The van der Waals surface area contributed by atoms with E-state index >= 15 is 0 Å². The van der Waals surface area contributed by atoms with Crippen molar-refractivity contribution in [2.75, 3.05) is 6.54 Å². The lowest BCUT2D eigenvalue weighted by Gasteiger charge is -2.11. The van der Waals surface area contributed by atoms with Gasteiger partial charge in [-0.2, -0.15) is 0 Å². The first-order valence-electron chi connectivity index (χ1n) is 4.70. The van der Waals surface area contributed by atoms with Crippen molar-refractivity contribution in [3.8, 4) is 5.75 Å². The van der Waals surface area contributed by atoms with Crippen molar-refractivity contribution in [3.05, 3.63) is 32.3 Å². The lowest BCUT2D eigenvalue weighted by Crippen LogP contribution is -2.21. The Bertz CT molecular complexity index is 505. The highest BCUT2D eigenvalue weighted by Gasteiger charge is 2.28. The molecule has 0 aromatic heterocycles. The van der Waals surface area contributed by atoms with Crippen LogP contribution in [0.1, 0.15) is 11.6 Å². The van der Waals surface area contributed by atoms with Gasteiger partial charge < -0.3 is 15.7 Å². The molecule has 0 spiro atoms. The molecule has 90 valence electrons. The first kappa shape index (κ1) is 11.6. The quantitative estimate of drug-likeness (QED) is 0.567. The number of urea groups is 1. The fraction of sp³-hybridized carbons (Fsp3) is 0.222. The summed E-state index contributed by atoms with van der Waals surface area (Å²) >= 11 is 3.13. The van der Waals surface area contributed by atoms with Crippen LogP contribution in [-0.4, -0.2) is 22.6 Å². The smallest absolute Gasteiger partial charge is 0.315 e. The fourth-order valence-electron chi connectivity index (χ4n) is 1.65. The van der Waals surface area contributed by atoms with Crippen LogP contribution >= 0.6 is 15.9 Å². The Morgan fingerprint density at radius 3 is 2.76 bits per heavy atom. The molecule has 8 heteroatoms. The summed E-state index contributed by atoms with van der Waals surface area (Å²) in [6.45, 7) is 0.278. The number of nitro groups is 1. The van der Waals surface area contributed by atoms with Gasteiger partial charge in [0.25, 0.3) is 0 Å². The van der Waals surface area contributed by atoms with Gasteiger partial charge in [0, 0.05) is 22.6 Å². The molecule has 1 heterocycles. The largest absolute Gasteiger partial charge is 0.502 e. The van der Waals surface area contributed by atoms with Crippen LogP contribution in [0.25, 0.3) is 0 Å². The number of phenols is 1. The Labute approximate surface area is 104 Å². The highest BCUT2D eigenvalue weighted by molar-refractivity contribution is 9.10. The first-order valence-corrected chi connectivity index (χ1v) is 5.49. The molecular weight excluding hydrogens is 294 g/mol. The molecule has 1 aliphatic heterocycles. The number of phenolic OH excluding ortho intramolecular Hbond substituents is 1. The normalized spacial score (nSPS) is 18.6. The molecular formula is C9H8BrN3O4. The minimum atomic E-state index is -0.673. The van der Waals surface area contributed by atoms with Crippen LogP contribution in [0.2, 0.25) is 0 Å². The van der Waals surface area contributed by atoms with Crippen LogP contribution in [0.15, 0.2) is 16.6 Å². The zero-order valence-corrected chi connectivity index (χ0v) is 10.0. The Kier molecular flexibility index (Phi) is 2.88. The number of nitro benzene ring substituents is 1. The third-order valence-electron chi connectivity index (χ3n) is 2.43. The second-order valence-electron chi connectivity index (χ2n) is 3.53. The van der Waals surface area contributed by atoms with E-state index in [2.05, 4.69) is 26.6 Å². The van der Waals surface area contributed by atoms with E-state index in [1.807, 2.05) is 0 Å². The van der Waals surface area contributed by atoms with Gasteiger partial charge in [-0.1, -0.05) is 15.9 Å². The minimum Gasteiger partial charge on any atom is -0.502 e. The van der Waals surface area contributed by atoms with E-state index in [-0.39, 0.29) is 12.6 Å². The number of amides is 2. The number of aromatic hydroxyl groups is 1. The number of rotatable bonds is 2. The topological polar surface area (TPSA) is 104 Å². The minimum absolute atomic E-state index is 0.278. The molecule has 0 bridgehead atoms. The van der Waals surface area contributed by atoms with Gasteiger partial charge in [-0.25, -0.2) is 4.79 Å². The third kappa shape index (κ3) is 2.16. The standard InChI is InChI=1S/C9H8BrN3O4/c10-4-1-5(6-3-11-9(15)12-6)8(14)7(2-4)13(16)17/h1-2,6,14H,3H2,(H2,11,12,15)/t6-/m0/s1. The number of hydrogen-bond donors (Lipinski definition) is 3. The van der Waals surface area contributed by atoms with E-state index in [4.69, 9.17) is 0 Å². The Balaban J connectivity index is 2.46. The highest BCUT2D eigenvalue weighted by atomic mass is 79.9. The number of nitrogens with one attached hydrogen (secondary N) is 2. The molecule has 1 fully saturated rings. The third-order valence-corrected chi connectivity index (χ3v) is 2.89. The van der Waals surface area contributed by atoms with E-state index in [1.165, 1.54) is 6.07 Å². The van der Waals surface area contributed by atoms with Crippen molar-refractivity contribution >= 4 is 27.6 Å². The summed E-state index contributed by atoms with van der Waals surface area (Å²) in [5.41, 5.74) is -0.0834. The van der Waals surface area contributed by atoms with E-state index in [1.54, 1.807) is 6.07 Å². The van der Waals surface area contributed by atoms with Crippen LogP contribution in [0, 0.1) is 10.1 Å². The summed E-state index contributed by atoms with van der Waals surface area (Å²) in [5.74, 6) is -0.424. The molecule has 1 aliphatic rings. The van der Waals surface area contributed by atoms with E-state index in [9.17, 15) is 20.0 Å². The average molecular weight is 302 g/mol. The van der Waals surface area contributed by atoms with E-state index in [0.29, 0.717) is 10.0 Å². The van der Waals surface area contributed by atoms with Gasteiger partial charge in [-0.05, 0) is 6.07 Å². The van der Waals surface area contributed by atoms with Crippen molar-refractivity contribution in [3.63, 3.8) is 0 Å². The van der Waals surface area contributed by atoms with Crippen LogP contribution in [0.4, 0.5) is 10.5 Å². The van der Waals surface area contributed by atoms with Crippen molar-refractivity contribution < 1.29 is 14.8 Å². The molecule has 0 saturated carbocycles. The van der Waals surface area contributed by atoms with Gasteiger partial charge in [0.1, 0.15) is 0 Å². The Morgan fingerprint density at radius 1 is 1.53 bits per heavy atom. The molecule has 0 radical (unpaired) electrons. The van der Waals surface area contributed by atoms with Crippen molar-refractivity contribution in [2.24, 2.45) is 0 Å². The number of halogens is 1. The van der Waals surface area contributed by atoms with Gasteiger partial charge in [-0.15, -0.1) is 0 Å². The molecule has 1 aromatic rings. The number of benzene rings is 1. The molecule has 7 nitrogen and oxygen atoms in total. The van der Waals surface area contributed by atoms with Gasteiger partial charge in [0.15, 0.2) is 5.75 Å². The Morgan fingerprint density at radius 2 is 2.24 bits per heavy atom. The number of nitrogens with zero attached hydrogens (tertiary/aromatic N) is 1. The number of hydrogen-bond acceptors (Lipinski definition) is 4. The van der Waals surface area contributed by atoms with Gasteiger partial charge in [0.2, 0.25) is 0 Å². The molecule has 1 aromatic carbocycles. The molecule has 2 amide bonds. The summed E-state index contributed by atoms with van der Waals surface area (Å²) < 4.78 is 0.471. The molecule has 0 unspecified atom stereocenters. The lowest BCUT2D eigenvalue weighted by molar-refractivity contribution is -0.386. The highest BCUT2D eigenvalue weighted by Crippen LogP contribution is 2.37. The zero-order valence-electron chi connectivity index (χ0n) is 8.44. The lowest BCUT2D eigenvalue weighted by atomic mass is 10.1. The maximum absolute atomic E-state index is 11.0. The maximum atomic E-state index is 11.0. The molecule has 1 saturated heterocycles. The van der Waals surface area contributed by atoms with Crippen LogP contribution < -0.4 is 10.6 Å². The summed E-state index contributed by atoms with van der Waals surface area (Å²) in [4.78, 5) is 21.0. The number of carbonyl (C=O) groups is 1. The Hall–Kier alpha value is -1.83. The van der Waals surface area contributed by atoms with Crippen LogP contribution in [-0.2, 0) is 0 Å². The number of carbonyl (C=O) groups excluding carboxylic acids is 1.